The maximum Gasteiger partial charge on any atom is 0.286 e. The molecule has 2 aromatic carbocycles. The number of hydrogen-bond donors (Lipinski definition) is 0. The van der Waals surface area contributed by atoms with E-state index in [-0.39, 0.29) is 12.2 Å². The molecular formula is C20H20BrN3O3. The average Bonchev–Trinajstić information content (AvgIpc) is 2.90. The van der Waals surface area contributed by atoms with E-state index in [0.717, 1.165) is 16.9 Å². The summed E-state index contributed by atoms with van der Waals surface area (Å²) in [4.78, 5) is 17.5. The lowest BCUT2D eigenvalue weighted by atomic mass is 10.1. The second kappa shape index (κ2) is 8.26. The zero-order valence-electron chi connectivity index (χ0n) is 15.3. The van der Waals surface area contributed by atoms with Crippen LogP contribution in [0.4, 0.5) is 0 Å². The molecule has 3 rings (SSSR count). The number of ether oxygens (including phenoxy) is 1. The van der Waals surface area contributed by atoms with E-state index in [2.05, 4.69) is 21.1 Å². The molecule has 0 amide bonds. The highest BCUT2D eigenvalue weighted by molar-refractivity contribution is 9.10. The number of hydrogen-bond acceptors (Lipinski definition) is 4. The Morgan fingerprint density at radius 3 is 2.48 bits per heavy atom. The fraction of sp³-hybridized carbons (Fsp3) is 0.200. The summed E-state index contributed by atoms with van der Waals surface area (Å²) in [5.74, 6) is 0.669. The molecule has 6 nitrogen and oxygen atoms in total. The fourth-order valence-electron chi connectivity index (χ4n) is 2.86. The van der Waals surface area contributed by atoms with Gasteiger partial charge in [-0.25, -0.2) is 4.68 Å². The maximum absolute atomic E-state index is 12.7. The van der Waals surface area contributed by atoms with Crippen molar-refractivity contribution < 1.29 is 9.57 Å². The summed E-state index contributed by atoms with van der Waals surface area (Å²) in [5.41, 5.74) is 2.94. The predicted octanol–water partition coefficient (Wildman–Crippen LogP) is 3.89. The third kappa shape index (κ3) is 3.83. The number of para-hydroxylation sites is 2. The van der Waals surface area contributed by atoms with Gasteiger partial charge in [0.25, 0.3) is 5.56 Å². The zero-order chi connectivity index (χ0) is 19.4. The van der Waals surface area contributed by atoms with Crippen molar-refractivity contribution in [2.24, 2.45) is 12.2 Å². The molecule has 0 aliphatic rings. The van der Waals surface area contributed by atoms with Gasteiger partial charge in [-0.1, -0.05) is 35.5 Å². The summed E-state index contributed by atoms with van der Waals surface area (Å²) in [6, 6.07) is 17.1. The third-order valence-corrected chi connectivity index (χ3v) is 4.99. The Morgan fingerprint density at radius 2 is 1.78 bits per heavy atom. The molecule has 0 saturated carbocycles. The second-order valence-corrected chi connectivity index (χ2v) is 6.67. The molecule has 1 heterocycles. The Morgan fingerprint density at radius 1 is 1.11 bits per heavy atom. The third-order valence-electron chi connectivity index (χ3n) is 4.19. The highest BCUT2D eigenvalue weighted by atomic mass is 79.9. The largest absolute Gasteiger partial charge is 0.487 e. The van der Waals surface area contributed by atoms with Crippen LogP contribution in [0.3, 0.4) is 0 Å². The first-order valence-corrected chi connectivity index (χ1v) is 9.15. The van der Waals surface area contributed by atoms with E-state index in [1.807, 2.05) is 68.6 Å². The number of halogens is 1. The molecule has 140 valence electrons. The van der Waals surface area contributed by atoms with Gasteiger partial charge >= 0.3 is 0 Å². The molecular weight excluding hydrogens is 410 g/mol. The van der Waals surface area contributed by atoms with Crippen LogP contribution in [0.15, 0.2) is 69.0 Å². The normalized spacial score (nSPS) is 11.5. The maximum atomic E-state index is 12.7. The van der Waals surface area contributed by atoms with Crippen molar-refractivity contribution in [3.63, 3.8) is 0 Å². The molecule has 0 aliphatic heterocycles. The summed E-state index contributed by atoms with van der Waals surface area (Å²) < 4.78 is 9.89. The topological polar surface area (TPSA) is 57.8 Å². The summed E-state index contributed by atoms with van der Waals surface area (Å²) in [7, 11) is 3.34. The van der Waals surface area contributed by atoms with Crippen LogP contribution in [0, 0.1) is 0 Å². The van der Waals surface area contributed by atoms with E-state index in [1.165, 1.54) is 7.11 Å². The summed E-state index contributed by atoms with van der Waals surface area (Å²) in [5, 5.41) is 3.97. The van der Waals surface area contributed by atoms with Gasteiger partial charge in [0.05, 0.1) is 17.1 Å². The standard InChI is InChI=1S/C20H20BrN3O3/c1-14(22-26-3)16-11-7-8-12-18(16)27-13-17-19(21)20(25)24(23(17)2)15-9-5-4-6-10-15/h4-12H,13H2,1-3H3. The number of aromatic nitrogens is 2. The number of benzene rings is 2. The Hall–Kier alpha value is -2.80. The smallest absolute Gasteiger partial charge is 0.286 e. The molecule has 7 heteroatoms. The van der Waals surface area contributed by atoms with Gasteiger partial charge in [-0.15, -0.1) is 0 Å². The first kappa shape index (κ1) is 19.0. The molecule has 0 atom stereocenters. The summed E-state index contributed by atoms with van der Waals surface area (Å²) in [6.07, 6.45) is 0. The van der Waals surface area contributed by atoms with E-state index in [4.69, 9.17) is 9.57 Å². The van der Waals surface area contributed by atoms with E-state index in [0.29, 0.717) is 15.9 Å². The Bertz CT molecular complexity index is 1020. The lowest BCUT2D eigenvalue weighted by Crippen LogP contribution is -2.19. The van der Waals surface area contributed by atoms with Crippen LogP contribution in [-0.2, 0) is 18.5 Å². The molecule has 0 saturated heterocycles. The molecule has 3 aromatic rings. The fourth-order valence-corrected chi connectivity index (χ4v) is 3.39. The van der Waals surface area contributed by atoms with Gasteiger partial charge < -0.3 is 9.57 Å². The van der Waals surface area contributed by atoms with Gasteiger partial charge in [0.15, 0.2) is 0 Å². The van der Waals surface area contributed by atoms with E-state index in [1.54, 1.807) is 9.36 Å². The Kier molecular flexibility index (Phi) is 5.81. The van der Waals surface area contributed by atoms with Crippen molar-refractivity contribution in [3.8, 4) is 11.4 Å². The molecule has 0 fully saturated rings. The summed E-state index contributed by atoms with van der Waals surface area (Å²) >= 11 is 3.42. The van der Waals surface area contributed by atoms with Gasteiger partial charge in [0, 0.05) is 12.6 Å². The van der Waals surface area contributed by atoms with E-state index >= 15 is 0 Å². The van der Waals surface area contributed by atoms with Gasteiger partial charge in [-0.3, -0.25) is 9.48 Å². The summed E-state index contributed by atoms with van der Waals surface area (Å²) in [6.45, 7) is 2.08. The first-order valence-electron chi connectivity index (χ1n) is 8.36. The lowest BCUT2D eigenvalue weighted by Gasteiger charge is -2.13. The molecule has 0 aliphatic carbocycles. The van der Waals surface area contributed by atoms with Crippen LogP contribution in [0.2, 0.25) is 0 Å². The molecule has 1 aromatic heterocycles. The molecule has 0 unspecified atom stereocenters. The molecule has 0 N–H and O–H groups in total. The average molecular weight is 430 g/mol. The SMILES string of the molecule is CON=C(C)c1ccccc1OCc1c(Br)c(=O)n(-c2ccccc2)n1C. The molecule has 0 bridgehead atoms. The van der Waals surface area contributed by atoms with Crippen LogP contribution in [0.25, 0.3) is 5.69 Å². The molecule has 0 spiro atoms. The lowest BCUT2D eigenvalue weighted by molar-refractivity contribution is 0.213. The van der Waals surface area contributed by atoms with E-state index < -0.39 is 0 Å². The van der Waals surface area contributed by atoms with Crippen molar-refractivity contribution in [3.05, 3.63) is 80.7 Å². The monoisotopic (exact) mass is 429 g/mol. The zero-order valence-corrected chi connectivity index (χ0v) is 16.9. The number of nitrogens with zero attached hydrogens (tertiary/aromatic N) is 3. The Labute approximate surface area is 165 Å². The van der Waals surface area contributed by atoms with Crippen molar-refractivity contribution in [1.82, 2.24) is 9.36 Å². The first-order chi connectivity index (χ1) is 13.0. The predicted molar refractivity (Wildman–Crippen MR) is 109 cm³/mol. The highest BCUT2D eigenvalue weighted by Gasteiger charge is 2.18. The minimum absolute atomic E-state index is 0.132. The van der Waals surface area contributed by atoms with Crippen molar-refractivity contribution in [2.75, 3.05) is 7.11 Å². The van der Waals surface area contributed by atoms with Crippen molar-refractivity contribution in [1.29, 1.82) is 0 Å². The highest BCUT2D eigenvalue weighted by Crippen LogP contribution is 2.22. The minimum Gasteiger partial charge on any atom is -0.487 e. The molecule has 27 heavy (non-hydrogen) atoms. The van der Waals surface area contributed by atoms with Gasteiger partial charge in [0.1, 0.15) is 23.9 Å². The van der Waals surface area contributed by atoms with Crippen LogP contribution in [0.5, 0.6) is 5.75 Å². The van der Waals surface area contributed by atoms with Gasteiger partial charge in [-0.05, 0) is 47.1 Å². The number of rotatable bonds is 6. The van der Waals surface area contributed by atoms with Gasteiger partial charge in [0.2, 0.25) is 0 Å². The van der Waals surface area contributed by atoms with Crippen LogP contribution >= 0.6 is 15.9 Å². The van der Waals surface area contributed by atoms with Crippen molar-refractivity contribution in [2.45, 2.75) is 13.5 Å². The minimum atomic E-state index is -0.132. The quantitative estimate of drug-likeness (QED) is 0.441. The van der Waals surface area contributed by atoms with Crippen LogP contribution < -0.4 is 10.3 Å². The van der Waals surface area contributed by atoms with Gasteiger partial charge in [-0.2, -0.15) is 0 Å². The second-order valence-electron chi connectivity index (χ2n) is 5.88. The number of oxime groups is 1. The van der Waals surface area contributed by atoms with Crippen LogP contribution in [-0.4, -0.2) is 22.2 Å². The van der Waals surface area contributed by atoms with Crippen LogP contribution in [0.1, 0.15) is 18.2 Å². The molecule has 0 radical (unpaired) electrons. The Balaban J connectivity index is 1.93. The van der Waals surface area contributed by atoms with E-state index in [9.17, 15) is 4.79 Å². The van der Waals surface area contributed by atoms with Crippen molar-refractivity contribution >= 4 is 21.6 Å².